The number of ether oxygens (including phenoxy) is 1. The van der Waals surface area contributed by atoms with E-state index in [0.717, 1.165) is 44.9 Å². The maximum atomic E-state index is 6.03. The van der Waals surface area contributed by atoms with Gasteiger partial charge in [-0.25, -0.2) is 0 Å². The normalized spacial score (nSPS) is 16.8. The van der Waals surface area contributed by atoms with Crippen molar-refractivity contribution < 1.29 is 4.74 Å². The zero-order valence-electron chi connectivity index (χ0n) is 11.8. The van der Waals surface area contributed by atoms with E-state index in [1.165, 1.54) is 18.7 Å². The minimum atomic E-state index is 0.876. The Hall–Kier alpha value is -1.26. The molecule has 0 bridgehead atoms. The first-order valence-corrected chi connectivity index (χ1v) is 7.12. The zero-order chi connectivity index (χ0) is 13.5. The third-order valence-electron chi connectivity index (χ3n) is 3.72. The summed E-state index contributed by atoms with van der Waals surface area (Å²) in [6.07, 6.45) is 2.38. The Morgan fingerprint density at radius 2 is 1.84 bits per heavy atom. The standard InChI is InChI=1S/C15H25N3O/c1-19-13-5-4-8-17-9-11-18(12-10-17)15-7-3-2-6-14(15)16/h2-3,6-7H,4-5,8-13,16H2,1H3. The first kappa shape index (κ1) is 14.2. The van der Waals surface area contributed by atoms with E-state index < -0.39 is 0 Å². The second kappa shape index (κ2) is 7.36. The summed E-state index contributed by atoms with van der Waals surface area (Å²) in [5, 5.41) is 0. The van der Waals surface area contributed by atoms with Crippen LogP contribution >= 0.6 is 0 Å². The van der Waals surface area contributed by atoms with E-state index in [9.17, 15) is 0 Å². The Labute approximate surface area is 116 Å². The lowest BCUT2D eigenvalue weighted by molar-refractivity contribution is 0.182. The van der Waals surface area contributed by atoms with Gasteiger partial charge in [-0.05, 0) is 31.5 Å². The molecule has 1 aromatic carbocycles. The highest BCUT2D eigenvalue weighted by Crippen LogP contribution is 2.23. The van der Waals surface area contributed by atoms with E-state index in [1.807, 2.05) is 12.1 Å². The lowest BCUT2D eigenvalue weighted by atomic mass is 10.2. The fraction of sp³-hybridized carbons (Fsp3) is 0.600. The molecule has 1 aliphatic rings. The van der Waals surface area contributed by atoms with Crippen molar-refractivity contribution in [3.8, 4) is 0 Å². The highest BCUT2D eigenvalue weighted by atomic mass is 16.5. The first-order valence-electron chi connectivity index (χ1n) is 7.12. The second-order valence-electron chi connectivity index (χ2n) is 5.09. The van der Waals surface area contributed by atoms with Crippen LogP contribution in [0.15, 0.2) is 24.3 Å². The van der Waals surface area contributed by atoms with Crippen molar-refractivity contribution in [2.45, 2.75) is 12.8 Å². The fourth-order valence-electron chi connectivity index (χ4n) is 2.57. The first-order chi connectivity index (χ1) is 9.31. The molecule has 19 heavy (non-hydrogen) atoms. The van der Waals surface area contributed by atoms with Gasteiger partial charge in [0.05, 0.1) is 11.4 Å². The summed E-state index contributed by atoms with van der Waals surface area (Å²) in [7, 11) is 1.77. The minimum Gasteiger partial charge on any atom is -0.397 e. The van der Waals surface area contributed by atoms with Crippen LogP contribution in [-0.2, 0) is 4.74 Å². The molecule has 0 atom stereocenters. The summed E-state index contributed by atoms with van der Waals surface area (Å²) < 4.78 is 5.08. The molecule has 2 N–H and O–H groups in total. The summed E-state index contributed by atoms with van der Waals surface area (Å²) in [5.74, 6) is 0. The van der Waals surface area contributed by atoms with Crippen molar-refractivity contribution in [1.82, 2.24) is 4.90 Å². The van der Waals surface area contributed by atoms with Crippen molar-refractivity contribution in [3.63, 3.8) is 0 Å². The second-order valence-corrected chi connectivity index (χ2v) is 5.09. The van der Waals surface area contributed by atoms with Crippen LogP contribution in [0, 0.1) is 0 Å². The topological polar surface area (TPSA) is 41.7 Å². The van der Waals surface area contributed by atoms with Gasteiger partial charge >= 0.3 is 0 Å². The number of hydrogen-bond acceptors (Lipinski definition) is 4. The van der Waals surface area contributed by atoms with Crippen LogP contribution < -0.4 is 10.6 Å². The molecule has 1 heterocycles. The number of nitrogens with two attached hydrogens (primary N) is 1. The number of unbranched alkanes of at least 4 members (excludes halogenated alkanes) is 1. The maximum Gasteiger partial charge on any atom is 0.0600 e. The zero-order valence-corrected chi connectivity index (χ0v) is 11.8. The van der Waals surface area contributed by atoms with Crippen LogP contribution in [0.4, 0.5) is 11.4 Å². The van der Waals surface area contributed by atoms with E-state index >= 15 is 0 Å². The van der Waals surface area contributed by atoms with E-state index in [-0.39, 0.29) is 0 Å². The smallest absolute Gasteiger partial charge is 0.0600 e. The third-order valence-corrected chi connectivity index (χ3v) is 3.72. The number of benzene rings is 1. The number of para-hydroxylation sites is 2. The quantitative estimate of drug-likeness (QED) is 0.628. The van der Waals surface area contributed by atoms with Gasteiger partial charge in [-0.1, -0.05) is 12.1 Å². The van der Waals surface area contributed by atoms with Gasteiger partial charge in [-0.15, -0.1) is 0 Å². The number of methoxy groups -OCH3 is 1. The number of piperazine rings is 1. The predicted octanol–water partition coefficient (Wildman–Crippen LogP) is 1.82. The van der Waals surface area contributed by atoms with Crippen molar-refractivity contribution in [3.05, 3.63) is 24.3 Å². The molecular formula is C15H25N3O. The number of nitrogens with zero attached hydrogens (tertiary/aromatic N) is 2. The number of hydrogen-bond donors (Lipinski definition) is 1. The number of anilines is 2. The van der Waals surface area contributed by atoms with Gasteiger partial charge < -0.3 is 15.4 Å². The molecular weight excluding hydrogens is 238 g/mol. The largest absolute Gasteiger partial charge is 0.397 e. The Morgan fingerprint density at radius 1 is 1.11 bits per heavy atom. The van der Waals surface area contributed by atoms with Gasteiger partial charge in [-0.2, -0.15) is 0 Å². The Bertz CT molecular complexity index is 375. The van der Waals surface area contributed by atoms with Gasteiger partial charge in [0.1, 0.15) is 0 Å². The monoisotopic (exact) mass is 263 g/mol. The summed E-state index contributed by atoms with van der Waals surface area (Å²) >= 11 is 0. The molecule has 1 aliphatic heterocycles. The van der Waals surface area contributed by atoms with Gasteiger partial charge in [0, 0.05) is 39.9 Å². The lowest BCUT2D eigenvalue weighted by Crippen LogP contribution is -2.46. The lowest BCUT2D eigenvalue weighted by Gasteiger charge is -2.36. The highest BCUT2D eigenvalue weighted by Gasteiger charge is 2.17. The molecule has 0 unspecified atom stereocenters. The van der Waals surface area contributed by atoms with Gasteiger partial charge in [0.2, 0.25) is 0 Å². The van der Waals surface area contributed by atoms with Crippen LogP contribution in [0.5, 0.6) is 0 Å². The summed E-state index contributed by atoms with van der Waals surface area (Å²) in [6.45, 7) is 6.45. The molecule has 0 radical (unpaired) electrons. The fourth-order valence-corrected chi connectivity index (χ4v) is 2.57. The van der Waals surface area contributed by atoms with Gasteiger partial charge in [0.15, 0.2) is 0 Å². The molecule has 1 aromatic rings. The molecule has 1 saturated heterocycles. The minimum absolute atomic E-state index is 0.876. The SMILES string of the molecule is COCCCCN1CCN(c2ccccc2N)CC1. The van der Waals surface area contributed by atoms with Crippen molar-refractivity contribution in [1.29, 1.82) is 0 Å². The highest BCUT2D eigenvalue weighted by molar-refractivity contribution is 5.67. The van der Waals surface area contributed by atoms with E-state index in [0.29, 0.717) is 0 Å². The molecule has 1 fully saturated rings. The molecule has 4 nitrogen and oxygen atoms in total. The molecule has 0 aromatic heterocycles. The molecule has 0 aliphatic carbocycles. The summed E-state index contributed by atoms with van der Waals surface area (Å²) in [4.78, 5) is 4.92. The van der Waals surface area contributed by atoms with E-state index in [4.69, 9.17) is 10.5 Å². The van der Waals surface area contributed by atoms with E-state index in [2.05, 4.69) is 21.9 Å². The van der Waals surface area contributed by atoms with Crippen LogP contribution in [0.1, 0.15) is 12.8 Å². The van der Waals surface area contributed by atoms with Crippen LogP contribution in [0.2, 0.25) is 0 Å². The molecule has 0 amide bonds. The third kappa shape index (κ3) is 4.11. The number of nitrogen functional groups attached to an aromatic ring is 1. The number of rotatable bonds is 6. The average molecular weight is 263 g/mol. The molecule has 106 valence electrons. The van der Waals surface area contributed by atoms with Crippen LogP contribution in [-0.4, -0.2) is 51.3 Å². The van der Waals surface area contributed by atoms with Crippen molar-refractivity contribution >= 4 is 11.4 Å². The predicted molar refractivity (Wildman–Crippen MR) is 80.6 cm³/mol. The summed E-state index contributed by atoms with van der Waals surface area (Å²) in [6, 6.07) is 8.14. The molecule has 0 saturated carbocycles. The van der Waals surface area contributed by atoms with Crippen molar-refractivity contribution in [2.24, 2.45) is 0 Å². The Morgan fingerprint density at radius 3 is 2.53 bits per heavy atom. The molecule has 0 spiro atoms. The van der Waals surface area contributed by atoms with Gasteiger partial charge in [-0.3, -0.25) is 4.90 Å². The van der Waals surface area contributed by atoms with Crippen LogP contribution in [0.25, 0.3) is 0 Å². The summed E-state index contributed by atoms with van der Waals surface area (Å²) in [5.41, 5.74) is 8.10. The average Bonchev–Trinajstić information content (AvgIpc) is 2.45. The van der Waals surface area contributed by atoms with Crippen LogP contribution in [0.3, 0.4) is 0 Å². The molecule has 2 rings (SSSR count). The van der Waals surface area contributed by atoms with E-state index in [1.54, 1.807) is 7.11 Å². The Kier molecular flexibility index (Phi) is 5.48. The Balaban J connectivity index is 1.75. The molecule has 4 heteroatoms. The van der Waals surface area contributed by atoms with Crippen molar-refractivity contribution in [2.75, 3.05) is 57.1 Å². The van der Waals surface area contributed by atoms with Gasteiger partial charge in [0.25, 0.3) is 0 Å². The maximum absolute atomic E-state index is 6.03.